The zero-order valence-corrected chi connectivity index (χ0v) is 13.4. The minimum Gasteiger partial charge on any atom is -0.350 e. The Labute approximate surface area is 141 Å². The minimum absolute atomic E-state index is 0.0329. The molecule has 0 bridgehead atoms. The van der Waals surface area contributed by atoms with Crippen LogP contribution in [-0.2, 0) is 4.84 Å². The van der Waals surface area contributed by atoms with Crippen molar-refractivity contribution in [3.63, 3.8) is 0 Å². The fourth-order valence-electron chi connectivity index (χ4n) is 2.29. The molecule has 0 saturated heterocycles. The standard InChI is InChI=1S/C16H15F3N4O2/c1-23(2)14-20-8-12(9-21-14)10-3-5-11(6-4-10)13-7-15(24,25-22-13)16(17,18)19/h3-6,8-9,24H,7H2,1-2H3. The number of aliphatic hydroxyl groups is 1. The molecule has 1 aromatic carbocycles. The lowest BCUT2D eigenvalue weighted by Crippen LogP contribution is -2.45. The van der Waals surface area contributed by atoms with Gasteiger partial charge in [-0.2, -0.15) is 13.2 Å². The second-order valence-corrected chi connectivity index (χ2v) is 5.83. The summed E-state index contributed by atoms with van der Waals surface area (Å²) in [4.78, 5) is 14.4. The van der Waals surface area contributed by atoms with Gasteiger partial charge in [0, 0.05) is 32.1 Å². The Balaban J connectivity index is 1.77. The van der Waals surface area contributed by atoms with Crippen LogP contribution in [0.1, 0.15) is 12.0 Å². The van der Waals surface area contributed by atoms with Gasteiger partial charge < -0.3 is 14.8 Å². The average molecular weight is 352 g/mol. The molecule has 0 aliphatic carbocycles. The quantitative estimate of drug-likeness (QED) is 0.919. The van der Waals surface area contributed by atoms with Gasteiger partial charge in [0.15, 0.2) is 0 Å². The van der Waals surface area contributed by atoms with Crippen molar-refractivity contribution < 1.29 is 23.1 Å². The van der Waals surface area contributed by atoms with Crippen molar-refractivity contribution in [2.24, 2.45) is 5.16 Å². The predicted octanol–water partition coefficient (Wildman–Crippen LogP) is 2.58. The van der Waals surface area contributed by atoms with Crippen LogP contribution >= 0.6 is 0 Å². The smallest absolute Gasteiger partial charge is 0.350 e. The highest BCUT2D eigenvalue weighted by Crippen LogP contribution is 2.39. The van der Waals surface area contributed by atoms with Crippen LogP contribution in [0.2, 0.25) is 0 Å². The second kappa shape index (κ2) is 5.99. The minimum atomic E-state index is -4.91. The first-order valence-corrected chi connectivity index (χ1v) is 7.34. The molecular weight excluding hydrogens is 337 g/mol. The number of rotatable bonds is 3. The number of hydrogen-bond acceptors (Lipinski definition) is 6. The second-order valence-electron chi connectivity index (χ2n) is 5.83. The van der Waals surface area contributed by atoms with Crippen molar-refractivity contribution in [1.29, 1.82) is 0 Å². The molecule has 0 radical (unpaired) electrons. The number of benzene rings is 1. The van der Waals surface area contributed by atoms with Gasteiger partial charge in [-0.3, -0.25) is 0 Å². The number of alkyl halides is 3. The van der Waals surface area contributed by atoms with E-state index in [4.69, 9.17) is 0 Å². The maximum Gasteiger partial charge on any atom is 0.458 e. The van der Waals surface area contributed by atoms with E-state index in [1.165, 1.54) is 0 Å². The van der Waals surface area contributed by atoms with E-state index in [1.807, 2.05) is 14.1 Å². The Morgan fingerprint density at radius 1 is 1.04 bits per heavy atom. The molecule has 6 nitrogen and oxygen atoms in total. The van der Waals surface area contributed by atoms with E-state index in [2.05, 4.69) is 20.0 Å². The van der Waals surface area contributed by atoms with Crippen LogP contribution in [0.4, 0.5) is 19.1 Å². The van der Waals surface area contributed by atoms with Crippen molar-refractivity contribution in [3.8, 4) is 11.1 Å². The Bertz CT molecular complexity index is 789. The summed E-state index contributed by atoms with van der Waals surface area (Å²) in [6.07, 6.45) is -2.34. The van der Waals surface area contributed by atoms with Crippen molar-refractivity contribution in [2.75, 3.05) is 19.0 Å². The first kappa shape index (κ1) is 17.2. The van der Waals surface area contributed by atoms with Gasteiger partial charge >= 0.3 is 12.0 Å². The third-order valence-corrected chi connectivity index (χ3v) is 3.75. The molecule has 1 N–H and O–H groups in total. The molecule has 0 saturated carbocycles. The van der Waals surface area contributed by atoms with E-state index in [0.717, 1.165) is 11.1 Å². The van der Waals surface area contributed by atoms with Crippen LogP contribution in [0.15, 0.2) is 41.8 Å². The number of halogens is 3. The van der Waals surface area contributed by atoms with Crippen molar-refractivity contribution >= 4 is 11.7 Å². The molecule has 132 valence electrons. The monoisotopic (exact) mass is 352 g/mol. The topological polar surface area (TPSA) is 70.8 Å². The lowest BCUT2D eigenvalue weighted by atomic mass is 10.00. The summed E-state index contributed by atoms with van der Waals surface area (Å²) in [6, 6.07) is 6.66. The number of hydrogen-bond donors (Lipinski definition) is 1. The fourth-order valence-corrected chi connectivity index (χ4v) is 2.29. The molecule has 1 unspecified atom stereocenters. The van der Waals surface area contributed by atoms with Crippen LogP contribution in [0.5, 0.6) is 0 Å². The van der Waals surface area contributed by atoms with E-state index in [0.29, 0.717) is 11.5 Å². The lowest BCUT2D eigenvalue weighted by Gasteiger charge is -2.22. The Hall–Kier alpha value is -2.68. The van der Waals surface area contributed by atoms with E-state index in [-0.39, 0.29) is 5.71 Å². The highest BCUT2D eigenvalue weighted by atomic mass is 19.4. The molecule has 1 aromatic heterocycles. The van der Waals surface area contributed by atoms with Gasteiger partial charge in [0.05, 0.1) is 12.1 Å². The van der Waals surface area contributed by atoms with Crippen LogP contribution in [0.25, 0.3) is 11.1 Å². The lowest BCUT2D eigenvalue weighted by molar-refractivity contribution is -0.355. The highest BCUT2D eigenvalue weighted by Gasteiger charge is 2.60. The van der Waals surface area contributed by atoms with Gasteiger partial charge in [-0.15, -0.1) is 0 Å². The van der Waals surface area contributed by atoms with Crippen molar-refractivity contribution in [1.82, 2.24) is 9.97 Å². The van der Waals surface area contributed by atoms with Crippen LogP contribution in [0.3, 0.4) is 0 Å². The average Bonchev–Trinajstić information content (AvgIpc) is 2.99. The molecular formula is C16H15F3N4O2. The predicted molar refractivity (Wildman–Crippen MR) is 85.0 cm³/mol. The Morgan fingerprint density at radius 2 is 1.60 bits per heavy atom. The number of oxime groups is 1. The maximum atomic E-state index is 12.7. The molecule has 2 heterocycles. The van der Waals surface area contributed by atoms with Crippen LogP contribution in [-0.4, -0.2) is 46.8 Å². The molecule has 3 rings (SSSR count). The van der Waals surface area contributed by atoms with Gasteiger partial charge in [-0.25, -0.2) is 9.97 Å². The Kier molecular flexibility index (Phi) is 4.11. The molecule has 1 aliphatic rings. The maximum absolute atomic E-state index is 12.7. The van der Waals surface area contributed by atoms with Gasteiger partial charge in [0.2, 0.25) is 5.95 Å². The summed E-state index contributed by atoms with van der Waals surface area (Å²) in [5.41, 5.74) is 2.05. The largest absolute Gasteiger partial charge is 0.458 e. The number of anilines is 1. The third-order valence-electron chi connectivity index (χ3n) is 3.75. The third kappa shape index (κ3) is 3.27. The molecule has 0 fully saturated rings. The van der Waals surface area contributed by atoms with Crippen LogP contribution < -0.4 is 4.90 Å². The molecule has 1 atom stereocenters. The van der Waals surface area contributed by atoms with Crippen LogP contribution in [0, 0.1) is 0 Å². The van der Waals surface area contributed by atoms with Gasteiger partial charge in [-0.05, 0) is 11.1 Å². The van der Waals surface area contributed by atoms with E-state index >= 15 is 0 Å². The zero-order valence-electron chi connectivity index (χ0n) is 13.4. The number of nitrogens with zero attached hydrogens (tertiary/aromatic N) is 4. The summed E-state index contributed by atoms with van der Waals surface area (Å²) >= 11 is 0. The van der Waals surface area contributed by atoms with E-state index in [9.17, 15) is 18.3 Å². The molecule has 2 aromatic rings. The fraction of sp³-hybridized carbons (Fsp3) is 0.312. The SMILES string of the molecule is CN(C)c1ncc(-c2ccc(C3=NOC(O)(C(F)(F)F)C3)cc2)cn1. The van der Waals surface area contributed by atoms with Gasteiger partial charge in [0.25, 0.3) is 0 Å². The van der Waals surface area contributed by atoms with Crippen molar-refractivity contribution in [3.05, 3.63) is 42.2 Å². The van der Waals surface area contributed by atoms with E-state index in [1.54, 1.807) is 41.6 Å². The molecule has 9 heteroatoms. The first-order valence-electron chi connectivity index (χ1n) is 7.34. The first-order chi connectivity index (χ1) is 11.7. The van der Waals surface area contributed by atoms with E-state index < -0.39 is 18.4 Å². The summed E-state index contributed by atoms with van der Waals surface area (Å²) in [7, 11) is 3.66. The molecule has 25 heavy (non-hydrogen) atoms. The molecule has 1 aliphatic heterocycles. The zero-order chi connectivity index (χ0) is 18.2. The summed E-state index contributed by atoms with van der Waals surface area (Å²) < 4.78 is 38.2. The summed E-state index contributed by atoms with van der Waals surface area (Å²) in [6.45, 7) is 0. The molecule has 0 spiro atoms. The van der Waals surface area contributed by atoms with Gasteiger partial charge in [-0.1, -0.05) is 29.4 Å². The highest BCUT2D eigenvalue weighted by molar-refractivity contribution is 6.01. The van der Waals surface area contributed by atoms with Crippen molar-refractivity contribution in [2.45, 2.75) is 18.4 Å². The summed E-state index contributed by atoms with van der Waals surface area (Å²) in [5, 5.41) is 12.9. The Morgan fingerprint density at radius 3 is 2.08 bits per heavy atom. The normalized spacial score (nSPS) is 20.2. The molecule has 0 amide bonds. The number of aromatic nitrogens is 2. The van der Waals surface area contributed by atoms with Gasteiger partial charge in [0.1, 0.15) is 0 Å². The summed E-state index contributed by atoms with van der Waals surface area (Å²) in [5.74, 6) is -2.69.